The molecule has 0 atom stereocenters. The second-order valence-electron chi connectivity index (χ2n) is 4.74. The molecular formula is C17H12ClNO2. The summed E-state index contributed by atoms with van der Waals surface area (Å²) in [5, 5.41) is 1.87. The van der Waals surface area contributed by atoms with Gasteiger partial charge in [-0.05, 0) is 29.7 Å². The summed E-state index contributed by atoms with van der Waals surface area (Å²) in [5.74, 6) is -0.182. The molecule has 4 heteroatoms. The number of Topliss-reactive ketones (excluding diaryl/α,β-unsaturated/α-hetero) is 1. The van der Waals surface area contributed by atoms with Crippen molar-refractivity contribution in [2.24, 2.45) is 0 Å². The highest BCUT2D eigenvalue weighted by molar-refractivity contribution is 6.33. The maximum absolute atomic E-state index is 12.4. The van der Waals surface area contributed by atoms with Gasteiger partial charge in [-0.3, -0.25) is 9.59 Å². The van der Waals surface area contributed by atoms with Crippen LogP contribution in [0.2, 0.25) is 5.02 Å². The molecule has 1 heterocycles. The lowest BCUT2D eigenvalue weighted by atomic mass is 10.1. The number of fused-ring (bicyclic) bond motifs is 1. The molecule has 0 aliphatic rings. The van der Waals surface area contributed by atoms with Crippen molar-refractivity contribution in [1.82, 2.24) is 4.57 Å². The average Bonchev–Trinajstić information content (AvgIpc) is 2.51. The van der Waals surface area contributed by atoms with Gasteiger partial charge < -0.3 is 4.57 Å². The van der Waals surface area contributed by atoms with Crippen LogP contribution in [0.3, 0.4) is 0 Å². The summed E-state index contributed by atoms with van der Waals surface area (Å²) in [6.07, 6.45) is 1.64. The second kappa shape index (κ2) is 5.54. The SMILES string of the molecule is O=C(Cn1ccc2ccccc2c1=O)c1ccccc1Cl. The molecule has 0 spiro atoms. The number of hydrogen-bond acceptors (Lipinski definition) is 2. The lowest BCUT2D eigenvalue weighted by Crippen LogP contribution is -2.23. The molecule has 3 aromatic rings. The predicted molar refractivity (Wildman–Crippen MR) is 84.0 cm³/mol. The zero-order valence-electron chi connectivity index (χ0n) is 11.1. The lowest BCUT2D eigenvalue weighted by molar-refractivity contribution is 0.0971. The first kappa shape index (κ1) is 13.6. The maximum atomic E-state index is 12.4. The fourth-order valence-corrected chi connectivity index (χ4v) is 2.52. The Balaban J connectivity index is 1.99. The molecule has 0 unspecified atom stereocenters. The number of carbonyl (C=O) groups is 1. The van der Waals surface area contributed by atoms with Gasteiger partial charge in [0.05, 0.1) is 11.6 Å². The molecule has 0 N–H and O–H groups in total. The van der Waals surface area contributed by atoms with Gasteiger partial charge in [0.25, 0.3) is 5.56 Å². The van der Waals surface area contributed by atoms with Crippen LogP contribution in [0.4, 0.5) is 0 Å². The molecule has 0 amide bonds. The summed E-state index contributed by atoms with van der Waals surface area (Å²) in [7, 11) is 0. The van der Waals surface area contributed by atoms with E-state index >= 15 is 0 Å². The summed E-state index contributed by atoms with van der Waals surface area (Å²) < 4.78 is 1.41. The van der Waals surface area contributed by atoms with Crippen LogP contribution in [0, 0.1) is 0 Å². The van der Waals surface area contributed by atoms with Crippen molar-refractivity contribution in [2.75, 3.05) is 0 Å². The molecule has 3 rings (SSSR count). The molecular weight excluding hydrogens is 286 g/mol. The van der Waals surface area contributed by atoms with Crippen molar-refractivity contribution >= 4 is 28.2 Å². The van der Waals surface area contributed by atoms with Crippen LogP contribution in [-0.2, 0) is 6.54 Å². The van der Waals surface area contributed by atoms with Gasteiger partial charge in [0, 0.05) is 17.1 Å². The third-order valence-corrected chi connectivity index (χ3v) is 3.70. The highest BCUT2D eigenvalue weighted by Crippen LogP contribution is 2.16. The normalized spacial score (nSPS) is 10.7. The minimum atomic E-state index is -0.182. The molecule has 0 radical (unpaired) electrons. The van der Waals surface area contributed by atoms with E-state index in [1.165, 1.54) is 4.57 Å². The largest absolute Gasteiger partial charge is 0.307 e. The average molecular weight is 298 g/mol. The standard InChI is InChI=1S/C17H12ClNO2/c18-15-8-4-3-7-14(15)16(20)11-19-10-9-12-5-1-2-6-13(12)17(19)21/h1-10H,11H2. The molecule has 0 fully saturated rings. The molecule has 104 valence electrons. The molecule has 0 bridgehead atoms. The van der Waals surface area contributed by atoms with Crippen LogP contribution in [0.25, 0.3) is 10.8 Å². The monoisotopic (exact) mass is 297 g/mol. The quantitative estimate of drug-likeness (QED) is 0.694. The van der Waals surface area contributed by atoms with E-state index in [1.54, 1.807) is 36.5 Å². The summed E-state index contributed by atoms with van der Waals surface area (Å²) in [5.41, 5.74) is 0.257. The number of ketones is 1. The fraction of sp³-hybridized carbons (Fsp3) is 0.0588. The molecule has 1 aromatic heterocycles. The van der Waals surface area contributed by atoms with Gasteiger partial charge in [-0.25, -0.2) is 0 Å². The van der Waals surface area contributed by atoms with Gasteiger partial charge in [0.1, 0.15) is 0 Å². The Bertz CT molecular complexity index is 883. The first-order valence-electron chi connectivity index (χ1n) is 6.53. The second-order valence-corrected chi connectivity index (χ2v) is 5.15. The van der Waals surface area contributed by atoms with Crippen molar-refractivity contribution in [3.05, 3.63) is 81.7 Å². The van der Waals surface area contributed by atoms with Gasteiger partial charge in [-0.2, -0.15) is 0 Å². The number of aromatic nitrogens is 1. The fourth-order valence-electron chi connectivity index (χ4n) is 2.28. The van der Waals surface area contributed by atoms with Crippen LogP contribution in [0.15, 0.2) is 65.6 Å². The van der Waals surface area contributed by atoms with Gasteiger partial charge in [0.2, 0.25) is 0 Å². The van der Waals surface area contributed by atoms with Crippen molar-refractivity contribution in [2.45, 2.75) is 6.54 Å². The Kier molecular flexibility index (Phi) is 3.59. The van der Waals surface area contributed by atoms with Gasteiger partial charge >= 0.3 is 0 Å². The highest BCUT2D eigenvalue weighted by atomic mass is 35.5. The molecule has 0 aliphatic heterocycles. The van der Waals surface area contributed by atoms with Crippen LogP contribution in [0.5, 0.6) is 0 Å². The lowest BCUT2D eigenvalue weighted by Gasteiger charge is -2.07. The highest BCUT2D eigenvalue weighted by Gasteiger charge is 2.12. The third-order valence-electron chi connectivity index (χ3n) is 3.37. The van der Waals surface area contributed by atoms with E-state index in [0.29, 0.717) is 16.0 Å². The smallest absolute Gasteiger partial charge is 0.258 e. The van der Waals surface area contributed by atoms with Crippen molar-refractivity contribution < 1.29 is 4.79 Å². The Labute approximate surface area is 126 Å². The molecule has 0 saturated carbocycles. The van der Waals surface area contributed by atoms with E-state index in [-0.39, 0.29) is 17.9 Å². The zero-order chi connectivity index (χ0) is 14.8. The minimum Gasteiger partial charge on any atom is -0.307 e. The van der Waals surface area contributed by atoms with Gasteiger partial charge in [-0.1, -0.05) is 41.9 Å². The van der Waals surface area contributed by atoms with E-state index in [4.69, 9.17) is 11.6 Å². The van der Waals surface area contributed by atoms with Crippen molar-refractivity contribution in [3.63, 3.8) is 0 Å². The van der Waals surface area contributed by atoms with E-state index in [2.05, 4.69) is 0 Å². The Hall–Kier alpha value is -2.39. The summed E-state index contributed by atoms with van der Waals surface area (Å²) in [6, 6.07) is 16.0. The van der Waals surface area contributed by atoms with Gasteiger partial charge in [-0.15, -0.1) is 0 Å². The molecule has 0 saturated heterocycles. The van der Waals surface area contributed by atoms with Crippen LogP contribution in [-0.4, -0.2) is 10.4 Å². The molecule has 0 aliphatic carbocycles. The van der Waals surface area contributed by atoms with E-state index in [1.807, 2.05) is 24.3 Å². The van der Waals surface area contributed by atoms with E-state index < -0.39 is 0 Å². The molecule has 3 nitrogen and oxygen atoms in total. The van der Waals surface area contributed by atoms with Crippen molar-refractivity contribution in [1.29, 1.82) is 0 Å². The number of pyridine rings is 1. The third kappa shape index (κ3) is 2.60. The Morgan fingerprint density at radius 3 is 2.52 bits per heavy atom. The molecule has 2 aromatic carbocycles. The summed E-state index contributed by atoms with van der Waals surface area (Å²) in [6.45, 7) is -0.0204. The van der Waals surface area contributed by atoms with Crippen LogP contribution < -0.4 is 5.56 Å². The number of halogens is 1. The number of hydrogen-bond donors (Lipinski definition) is 0. The predicted octanol–water partition coefficient (Wildman–Crippen LogP) is 3.54. The topological polar surface area (TPSA) is 39.1 Å². The Morgan fingerprint density at radius 1 is 1.00 bits per heavy atom. The zero-order valence-corrected chi connectivity index (χ0v) is 11.9. The number of rotatable bonds is 3. The van der Waals surface area contributed by atoms with E-state index in [9.17, 15) is 9.59 Å². The van der Waals surface area contributed by atoms with E-state index in [0.717, 1.165) is 5.39 Å². The molecule has 21 heavy (non-hydrogen) atoms. The summed E-state index contributed by atoms with van der Waals surface area (Å²) in [4.78, 5) is 24.6. The van der Waals surface area contributed by atoms with Crippen LogP contribution in [0.1, 0.15) is 10.4 Å². The maximum Gasteiger partial charge on any atom is 0.258 e. The van der Waals surface area contributed by atoms with Crippen LogP contribution >= 0.6 is 11.6 Å². The first-order valence-corrected chi connectivity index (χ1v) is 6.90. The first-order chi connectivity index (χ1) is 10.2. The van der Waals surface area contributed by atoms with Gasteiger partial charge in [0.15, 0.2) is 5.78 Å². The number of benzene rings is 2. The van der Waals surface area contributed by atoms with Crippen molar-refractivity contribution in [3.8, 4) is 0 Å². The summed E-state index contributed by atoms with van der Waals surface area (Å²) >= 11 is 6.01. The Morgan fingerprint density at radius 2 is 1.71 bits per heavy atom. The minimum absolute atomic E-state index is 0.0204. The number of carbonyl (C=O) groups excluding carboxylic acids is 1. The number of nitrogens with zero attached hydrogens (tertiary/aromatic N) is 1.